The van der Waals surface area contributed by atoms with Crippen LogP contribution in [-0.2, 0) is 0 Å². The Morgan fingerprint density at radius 2 is 2.05 bits per heavy atom. The van der Waals surface area contributed by atoms with Gasteiger partial charge in [-0.3, -0.25) is 4.79 Å². The maximum Gasteiger partial charge on any atom is 0.251 e. The molecule has 1 aliphatic carbocycles. The maximum atomic E-state index is 12.1. The summed E-state index contributed by atoms with van der Waals surface area (Å²) < 4.78 is 0. The van der Waals surface area contributed by atoms with Crippen LogP contribution in [0.4, 0.5) is 5.69 Å². The number of nitrogens with one attached hydrogen (secondary N) is 1. The van der Waals surface area contributed by atoms with Crippen LogP contribution in [0.2, 0.25) is 0 Å². The Labute approximate surface area is 115 Å². The van der Waals surface area contributed by atoms with Gasteiger partial charge in [-0.1, -0.05) is 32.1 Å². The Balaban J connectivity index is 1.80. The van der Waals surface area contributed by atoms with Crippen LogP contribution in [-0.4, -0.2) is 12.5 Å². The predicted molar refractivity (Wildman–Crippen MR) is 79.1 cm³/mol. The molecule has 0 aromatic heterocycles. The first-order valence-electron chi connectivity index (χ1n) is 7.31. The largest absolute Gasteiger partial charge is 0.399 e. The molecule has 3 N–H and O–H groups in total. The lowest BCUT2D eigenvalue weighted by atomic mass is 9.87. The van der Waals surface area contributed by atoms with Crippen LogP contribution in [0.5, 0.6) is 0 Å². The molecule has 1 aromatic carbocycles. The van der Waals surface area contributed by atoms with Crippen molar-refractivity contribution in [3.05, 3.63) is 29.3 Å². The van der Waals surface area contributed by atoms with Gasteiger partial charge in [-0.25, -0.2) is 0 Å². The molecule has 1 fully saturated rings. The average Bonchev–Trinajstić information content (AvgIpc) is 2.39. The van der Waals surface area contributed by atoms with Crippen molar-refractivity contribution in [2.75, 3.05) is 12.3 Å². The van der Waals surface area contributed by atoms with Gasteiger partial charge in [0.2, 0.25) is 0 Å². The standard InChI is InChI=1S/C16H24N2O/c1-12-11-14(17)7-8-15(12)16(19)18-10-9-13-5-3-2-4-6-13/h7-8,11,13H,2-6,9-10,17H2,1H3,(H,18,19). The fourth-order valence-corrected chi connectivity index (χ4v) is 2.90. The highest BCUT2D eigenvalue weighted by molar-refractivity contribution is 5.95. The van der Waals surface area contributed by atoms with E-state index in [2.05, 4.69) is 5.32 Å². The first kappa shape index (κ1) is 13.9. The Kier molecular flexibility index (Phi) is 4.83. The number of amides is 1. The number of carbonyl (C=O) groups excluding carboxylic acids is 1. The highest BCUT2D eigenvalue weighted by atomic mass is 16.1. The molecule has 19 heavy (non-hydrogen) atoms. The fourth-order valence-electron chi connectivity index (χ4n) is 2.90. The summed E-state index contributed by atoms with van der Waals surface area (Å²) in [6.45, 7) is 2.71. The van der Waals surface area contributed by atoms with E-state index in [1.807, 2.05) is 13.0 Å². The van der Waals surface area contributed by atoms with Gasteiger partial charge in [-0.2, -0.15) is 0 Å². The Morgan fingerprint density at radius 3 is 2.74 bits per heavy atom. The molecule has 104 valence electrons. The van der Waals surface area contributed by atoms with Crippen molar-refractivity contribution in [3.8, 4) is 0 Å². The molecule has 0 heterocycles. The molecule has 0 atom stereocenters. The second-order valence-electron chi connectivity index (χ2n) is 5.62. The fraction of sp³-hybridized carbons (Fsp3) is 0.562. The molecule has 1 amide bonds. The molecule has 1 aromatic rings. The SMILES string of the molecule is Cc1cc(N)ccc1C(=O)NCCC1CCCCC1. The molecule has 1 saturated carbocycles. The zero-order valence-electron chi connectivity index (χ0n) is 11.7. The number of hydrogen-bond acceptors (Lipinski definition) is 2. The van der Waals surface area contributed by atoms with Gasteiger partial charge in [-0.15, -0.1) is 0 Å². The van der Waals surface area contributed by atoms with E-state index in [1.165, 1.54) is 32.1 Å². The molecule has 0 saturated heterocycles. The van der Waals surface area contributed by atoms with E-state index in [0.29, 0.717) is 5.69 Å². The molecule has 3 heteroatoms. The third-order valence-electron chi connectivity index (χ3n) is 4.06. The van der Waals surface area contributed by atoms with Crippen LogP contribution in [0.3, 0.4) is 0 Å². The monoisotopic (exact) mass is 260 g/mol. The van der Waals surface area contributed by atoms with Crippen LogP contribution in [0, 0.1) is 12.8 Å². The molecule has 0 aliphatic heterocycles. The van der Waals surface area contributed by atoms with E-state index in [4.69, 9.17) is 5.73 Å². The first-order chi connectivity index (χ1) is 9.16. The number of nitrogen functional groups attached to an aromatic ring is 1. The third-order valence-corrected chi connectivity index (χ3v) is 4.06. The minimum atomic E-state index is 0.0216. The second kappa shape index (κ2) is 6.60. The summed E-state index contributed by atoms with van der Waals surface area (Å²) in [5.41, 5.74) is 8.07. The summed E-state index contributed by atoms with van der Waals surface area (Å²) in [6, 6.07) is 5.43. The van der Waals surface area contributed by atoms with E-state index >= 15 is 0 Å². The van der Waals surface area contributed by atoms with Crippen LogP contribution in [0.1, 0.15) is 54.4 Å². The van der Waals surface area contributed by atoms with Gasteiger partial charge < -0.3 is 11.1 Å². The summed E-state index contributed by atoms with van der Waals surface area (Å²) in [7, 11) is 0. The summed E-state index contributed by atoms with van der Waals surface area (Å²) in [6.07, 6.45) is 7.87. The summed E-state index contributed by atoms with van der Waals surface area (Å²) in [4.78, 5) is 12.1. The van der Waals surface area contributed by atoms with Gasteiger partial charge in [0.15, 0.2) is 0 Å². The van der Waals surface area contributed by atoms with Gasteiger partial charge in [-0.05, 0) is 43.0 Å². The van der Waals surface area contributed by atoms with Crippen LogP contribution in [0.15, 0.2) is 18.2 Å². The van der Waals surface area contributed by atoms with E-state index in [9.17, 15) is 4.79 Å². The molecule has 3 nitrogen and oxygen atoms in total. The van der Waals surface area contributed by atoms with Crippen molar-refractivity contribution in [3.63, 3.8) is 0 Å². The molecular formula is C16H24N2O. The average molecular weight is 260 g/mol. The minimum Gasteiger partial charge on any atom is -0.399 e. The first-order valence-corrected chi connectivity index (χ1v) is 7.31. The number of hydrogen-bond donors (Lipinski definition) is 2. The Hall–Kier alpha value is -1.51. The van der Waals surface area contributed by atoms with Gasteiger partial charge >= 0.3 is 0 Å². The van der Waals surface area contributed by atoms with E-state index in [0.717, 1.165) is 30.0 Å². The van der Waals surface area contributed by atoms with Crippen molar-refractivity contribution >= 4 is 11.6 Å². The number of benzene rings is 1. The minimum absolute atomic E-state index is 0.0216. The van der Waals surface area contributed by atoms with E-state index in [1.54, 1.807) is 12.1 Å². The van der Waals surface area contributed by atoms with Crippen molar-refractivity contribution in [2.45, 2.75) is 45.4 Å². The van der Waals surface area contributed by atoms with Crippen molar-refractivity contribution in [1.82, 2.24) is 5.32 Å². The van der Waals surface area contributed by atoms with Gasteiger partial charge in [0.25, 0.3) is 5.91 Å². The van der Waals surface area contributed by atoms with Crippen LogP contribution >= 0.6 is 0 Å². The number of aryl methyl sites for hydroxylation is 1. The Bertz CT molecular complexity index is 436. The highest BCUT2D eigenvalue weighted by Gasteiger charge is 2.14. The number of nitrogens with two attached hydrogens (primary N) is 1. The lowest BCUT2D eigenvalue weighted by Crippen LogP contribution is -2.27. The van der Waals surface area contributed by atoms with Gasteiger partial charge in [0, 0.05) is 17.8 Å². The molecule has 0 radical (unpaired) electrons. The summed E-state index contributed by atoms with van der Waals surface area (Å²) in [5.74, 6) is 0.829. The van der Waals surface area contributed by atoms with Gasteiger partial charge in [0.1, 0.15) is 0 Å². The lowest BCUT2D eigenvalue weighted by Gasteiger charge is -2.21. The number of carbonyl (C=O) groups is 1. The molecular weight excluding hydrogens is 236 g/mol. The van der Waals surface area contributed by atoms with Crippen molar-refractivity contribution in [1.29, 1.82) is 0 Å². The topological polar surface area (TPSA) is 55.1 Å². The summed E-state index contributed by atoms with van der Waals surface area (Å²) in [5, 5.41) is 3.03. The van der Waals surface area contributed by atoms with E-state index in [-0.39, 0.29) is 5.91 Å². The Morgan fingerprint density at radius 1 is 1.32 bits per heavy atom. The smallest absolute Gasteiger partial charge is 0.251 e. The van der Waals surface area contributed by atoms with E-state index < -0.39 is 0 Å². The van der Waals surface area contributed by atoms with Crippen molar-refractivity contribution < 1.29 is 4.79 Å². The molecule has 0 unspecified atom stereocenters. The van der Waals surface area contributed by atoms with Crippen molar-refractivity contribution in [2.24, 2.45) is 5.92 Å². The molecule has 0 spiro atoms. The highest BCUT2D eigenvalue weighted by Crippen LogP contribution is 2.25. The normalized spacial score (nSPS) is 16.3. The predicted octanol–water partition coefficient (Wildman–Crippen LogP) is 3.28. The van der Waals surface area contributed by atoms with Crippen LogP contribution < -0.4 is 11.1 Å². The number of rotatable bonds is 4. The third kappa shape index (κ3) is 3.98. The zero-order valence-corrected chi connectivity index (χ0v) is 11.7. The number of anilines is 1. The lowest BCUT2D eigenvalue weighted by molar-refractivity contribution is 0.0950. The molecule has 2 rings (SSSR count). The zero-order chi connectivity index (χ0) is 13.7. The molecule has 0 bridgehead atoms. The maximum absolute atomic E-state index is 12.1. The van der Waals surface area contributed by atoms with Crippen LogP contribution in [0.25, 0.3) is 0 Å². The quantitative estimate of drug-likeness (QED) is 0.816. The van der Waals surface area contributed by atoms with Gasteiger partial charge in [0.05, 0.1) is 0 Å². The second-order valence-corrected chi connectivity index (χ2v) is 5.62. The molecule has 1 aliphatic rings. The summed E-state index contributed by atoms with van der Waals surface area (Å²) >= 11 is 0.